The molecule has 0 spiro atoms. The van der Waals surface area contributed by atoms with Crippen molar-refractivity contribution in [3.63, 3.8) is 0 Å². The normalized spacial score (nSPS) is 15.7. The molecule has 1 fully saturated rings. The fourth-order valence-corrected chi connectivity index (χ4v) is 4.66. The minimum absolute atomic E-state index is 0.0118. The Morgan fingerprint density at radius 2 is 1.65 bits per heavy atom. The maximum absolute atomic E-state index is 14.7. The third-order valence-electron chi connectivity index (χ3n) is 6.50. The van der Waals surface area contributed by atoms with Crippen LogP contribution in [0.1, 0.15) is 31.9 Å². The van der Waals surface area contributed by atoms with Gasteiger partial charge in [0.15, 0.2) is 0 Å². The minimum atomic E-state index is -5.00. The summed E-state index contributed by atoms with van der Waals surface area (Å²) in [6.45, 7) is 4.96. The zero-order valence-corrected chi connectivity index (χ0v) is 24.0. The van der Waals surface area contributed by atoms with Crippen LogP contribution in [0.15, 0.2) is 72.8 Å². The average molecular weight is 603 g/mol. The number of amides is 1. The summed E-state index contributed by atoms with van der Waals surface area (Å²) < 4.78 is 55.1. The highest BCUT2D eigenvalue weighted by atomic mass is 19.4. The summed E-state index contributed by atoms with van der Waals surface area (Å²) in [5, 5.41) is 12.0. The van der Waals surface area contributed by atoms with Gasteiger partial charge in [-0.3, -0.25) is 15.0 Å². The average Bonchev–Trinajstić information content (AvgIpc) is 2.94. The van der Waals surface area contributed by atoms with Crippen LogP contribution >= 0.6 is 0 Å². The number of piperazine rings is 1. The van der Waals surface area contributed by atoms with E-state index in [4.69, 9.17) is 14.3 Å². The molecule has 3 aromatic carbocycles. The van der Waals surface area contributed by atoms with Gasteiger partial charge in [0.2, 0.25) is 0 Å². The molecule has 1 amide bonds. The van der Waals surface area contributed by atoms with E-state index in [1.165, 1.54) is 21.9 Å². The largest absolute Gasteiger partial charge is 0.457 e. The van der Waals surface area contributed by atoms with Crippen LogP contribution in [0.25, 0.3) is 0 Å². The molecule has 1 heterocycles. The maximum atomic E-state index is 14.7. The number of halogens is 3. The van der Waals surface area contributed by atoms with Crippen molar-refractivity contribution < 1.29 is 37.2 Å². The van der Waals surface area contributed by atoms with E-state index in [0.29, 0.717) is 0 Å². The number of para-hydroxylation sites is 1. The van der Waals surface area contributed by atoms with Crippen molar-refractivity contribution in [1.82, 2.24) is 10.4 Å². The first kappa shape index (κ1) is 31.6. The molecule has 3 aromatic rings. The molecule has 0 aromatic heterocycles. The van der Waals surface area contributed by atoms with Crippen LogP contribution in [0.5, 0.6) is 11.5 Å². The lowest BCUT2D eigenvalue weighted by Gasteiger charge is -2.43. The number of hydrogen-bond donors (Lipinski definition) is 1. The number of carbonyl (C=O) groups excluding carboxylic acids is 1. The molecule has 1 atom stereocenters. The number of hydrogen-bond acceptors (Lipinski definition) is 8. The van der Waals surface area contributed by atoms with Crippen molar-refractivity contribution in [2.24, 2.45) is 0 Å². The van der Waals surface area contributed by atoms with Gasteiger partial charge in [0.25, 0.3) is 5.69 Å². The zero-order valence-electron chi connectivity index (χ0n) is 24.0. The second-order valence-corrected chi connectivity index (χ2v) is 10.9. The number of nitrogens with zero attached hydrogens (tertiary/aromatic N) is 3. The van der Waals surface area contributed by atoms with E-state index in [0.717, 1.165) is 17.7 Å². The molecular formula is C30H33F3N4O6. The Kier molecular flexibility index (Phi) is 9.77. The fraction of sp³-hybridized carbons (Fsp3) is 0.367. The second-order valence-electron chi connectivity index (χ2n) is 10.9. The molecule has 0 saturated carbocycles. The van der Waals surface area contributed by atoms with E-state index >= 15 is 0 Å². The predicted octanol–water partition coefficient (Wildman–Crippen LogP) is 6.55. The van der Waals surface area contributed by atoms with Crippen LogP contribution in [0.2, 0.25) is 0 Å². The quantitative estimate of drug-likeness (QED) is 0.167. The molecule has 1 saturated heterocycles. The van der Waals surface area contributed by atoms with Crippen LogP contribution in [-0.2, 0) is 22.4 Å². The molecular weight excluding hydrogens is 569 g/mol. The van der Waals surface area contributed by atoms with Gasteiger partial charge < -0.3 is 19.3 Å². The van der Waals surface area contributed by atoms with Crippen LogP contribution in [-0.4, -0.2) is 53.7 Å². The molecule has 43 heavy (non-hydrogen) atoms. The van der Waals surface area contributed by atoms with Gasteiger partial charge in [-0.1, -0.05) is 48.5 Å². The molecule has 0 aliphatic carbocycles. The lowest BCUT2D eigenvalue weighted by molar-refractivity contribution is -0.384. The number of hydroxylamine groups is 1. The van der Waals surface area contributed by atoms with Crippen molar-refractivity contribution in [2.45, 2.75) is 45.2 Å². The fourth-order valence-electron chi connectivity index (χ4n) is 4.66. The number of nitrogens with one attached hydrogen (secondary N) is 1. The number of anilines is 1. The number of ether oxygens (including phenoxy) is 2. The molecule has 1 aliphatic heterocycles. The molecule has 13 heteroatoms. The first-order valence-corrected chi connectivity index (χ1v) is 13.6. The third-order valence-corrected chi connectivity index (χ3v) is 6.50. The first-order chi connectivity index (χ1) is 20.3. The number of nitro groups is 1. The summed E-state index contributed by atoms with van der Waals surface area (Å²) in [5.74, 6) is -0.435. The van der Waals surface area contributed by atoms with Crippen LogP contribution in [0.3, 0.4) is 0 Å². The van der Waals surface area contributed by atoms with Gasteiger partial charge in [0.05, 0.1) is 17.6 Å². The number of carbonyl (C=O) groups is 1. The van der Waals surface area contributed by atoms with Crippen molar-refractivity contribution in [3.05, 3.63) is 94.0 Å². The summed E-state index contributed by atoms with van der Waals surface area (Å²) in [7, 11) is 0. The Morgan fingerprint density at radius 1 is 1.00 bits per heavy atom. The standard InChI is InChI=1S/C30H33F3N4O6/c1-29(2,3)43-28(38)36-17-16-35(19-22(36)18-34-41-20-21-10-6-4-7-11-21)27-24(37(39)40)14-15-25(26(27)30(31,32)33)42-23-12-8-5-9-13-23/h4-15,22,34H,16-20H2,1-3H3/t22-/m0/s1. The van der Waals surface area contributed by atoms with Crippen LogP contribution < -0.4 is 15.1 Å². The third kappa shape index (κ3) is 8.36. The molecule has 4 rings (SSSR count). The van der Waals surface area contributed by atoms with Crippen LogP contribution in [0.4, 0.5) is 29.3 Å². The van der Waals surface area contributed by atoms with E-state index in [9.17, 15) is 28.1 Å². The molecule has 0 unspecified atom stereocenters. The highest BCUT2D eigenvalue weighted by Gasteiger charge is 2.45. The molecule has 1 aliphatic rings. The van der Waals surface area contributed by atoms with E-state index in [2.05, 4.69) is 5.48 Å². The SMILES string of the molecule is CC(C)(C)OC(=O)N1CCN(c2c([N+](=O)[O-])ccc(Oc3ccccc3)c2C(F)(F)F)C[C@@H]1CNOCc1ccccc1. The molecule has 10 nitrogen and oxygen atoms in total. The highest BCUT2D eigenvalue weighted by molar-refractivity contribution is 5.74. The monoisotopic (exact) mass is 602 g/mol. The van der Waals surface area contributed by atoms with Crippen molar-refractivity contribution in [1.29, 1.82) is 0 Å². The number of benzene rings is 3. The Morgan fingerprint density at radius 3 is 2.26 bits per heavy atom. The molecule has 230 valence electrons. The Bertz CT molecular complexity index is 1400. The topological polar surface area (TPSA) is 106 Å². The summed E-state index contributed by atoms with van der Waals surface area (Å²) in [6, 6.07) is 18.3. The minimum Gasteiger partial charge on any atom is -0.457 e. The first-order valence-electron chi connectivity index (χ1n) is 13.6. The summed E-state index contributed by atoms with van der Waals surface area (Å²) in [4.78, 5) is 32.5. The second kappa shape index (κ2) is 13.3. The van der Waals surface area contributed by atoms with Gasteiger partial charge in [0.1, 0.15) is 28.4 Å². The summed E-state index contributed by atoms with van der Waals surface area (Å²) >= 11 is 0. The van der Waals surface area contributed by atoms with Gasteiger partial charge in [-0.15, -0.1) is 0 Å². The van der Waals surface area contributed by atoms with Gasteiger partial charge in [-0.25, -0.2) is 10.3 Å². The van der Waals surface area contributed by atoms with Gasteiger partial charge >= 0.3 is 12.3 Å². The molecule has 1 N–H and O–H groups in total. The van der Waals surface area contributed by atoms with Gasteiger partial charge in [-0.2, -0.15) is 13.2 Å². The van der Waals surface area contributed by atoms with Crippen molar-refractivity contribution in [3.8, 4) is 11.5 Å². The zero-order chi connectivity index (χ0) is 31.2. The van der Waals surface area contributed by atoms with E-state index in [1.807, 2.05) is 30.3 Å². The smallest absolute Gasteiger partial charge is 0.422 e. The van der Waals surface area contributed by atoms with Gasteiger partial charge in [0, 0.05) is 32.2 Å². The number of rotatable bonds is 9. The van der Waals surface area contributed by atoms with E-state index < -0.39 is 51.5 Å². The number of nitro benzene ring substituents is 1. The lowest BCUT2D eigenvalue weighted by Crippen LogP contribution is -2.59. The molecule has 0 bridgehead atoms. The molecule has 0 radical (unpaired) electrons. The lowest BCUT2D eigenvalue weighted by atomic mass is 10.0. The van der Waals surface area contributed by atoms with Crippen LogP contribution in [0, 0.1) is 10.1 Å². The van der Waals surface area contributed by atoms with E-state index in [-0.39, 0.29) is 38.5 Å². The summed E-state index contributed by atoms with van der Waals surface area (Å²) in [6.07, 6.45) is -5.66. The van der Waals surface area contributed by atoms with E-state index in [1.54, 1.807) is 39.0 Å². The highest BCUT2D eigenvalue weighted by Crippen LogP contribution is 2.48. The predicted molar refractivity (Wildman–Crippen MR) is 153 cm³/mol. The van der Waals surface area contributed by atoms with Gasteiger partial charge in [-0.05, 0) is 44.5 Å². The Labute approximate surface area is 247 Å². The Balaban J connectivity index is 1.67. The number of alkyl halides is 3. The van der Waals surface area contributed by atoms with Crippen molar-refractivity contribution >= 4 is 17.5 Å². The van der Waals surface area contributed by atoms with Crippen molar-refractivity contribution in [2.75, 3.05) is 31.1 Å². The summed E-state index contributed by atoms with van der Waals surface area (Å²) in [5.41, 5.74) is 0.214. The Hall–Kier alpha value is -4.36. The maximum Gasteiger partial charge on any atom is 0.422 e.